The van der Waals surface area contributed by atoms with E-state index in [1.165, 1.54) is 0 Å². The normalized spacial score (nSPS) is 11.3. The number of aryl methyl sites for hydroxylation is 2. The second kappa shape index (κ2) is 15.2. The van der Waals surface area contributed by atoms with E-state index in [-0.39, 0.29) is 15.6 Å². The minimum Gasteiger partial charge on any atom is -0.744 e. The van der Waals surface area contributed by atoms with Crippen LogP contribution in [-0.2, 0) is 34.3 Å². The largest absolute Gasteiger partial charge is 0.744 e. The summed E-state index contributed by atoms with van der Waals surface area (Å²) in [5.74, 6) is 0. The first-order valence-corrected chi connectivity index (χ1v) is 15.3. The highest BCUT2D eigenvalue weighted by Gasteiger charge is 2.19. The number of hydrogen-bond acceptors (Lipinski definition) is 10. The van der Waals surface area contributed by atoms with Crippen LogP contribution >= 0.6 is 15.9 Å². The van der Waals surface area contributed by atoms with Gasteiger partial charge in [0.2, 0.25) is 0 Å². The van der Waals surface area contributed by atoms with E-state index >= 15 is 0 Å². The maximum Gasteiger partial charge on any atom is 0.270 e. The molecule has 0 atom stereocenters. The fourth-order valence-corrected chi connectivity index (χ4v) is 5.30. The number of rotatable bonds is 6. The fourth-order valence-electron chi connectivity index (χ4n) is 3.18. The van der Waals surface area contributed by atoms with Gasteiger partial charge in [0.05, 0.1) is 19.6 Å². The number of halogens is 1. The summed E-state index contributed by atoms with van der Waals surface area (Å²) in [4.78, 5) is 17.9. The topological polar surface area (TPSA) is 208 Å². The van der Waals surface area contributed by atoms with Crippen molar-refractivity contribution in [3.8, 4) is 0 Å². The van der Waals surface area contributed by atoms with E-state index in [0.717, 1.165) is 30.3 Å². The number of non-ortho nitro benzene ring substituents is 2. The Hall–Kier alpha value is -4.42. The molecule has 0 saturated heterocycles. The van der Waals surface area contributed by atoms with Crippen LogP contribution in [0.15, 0.2) is 107 Å². The molecular weight excluding hydrogens is 672 g/mol. The Bertz CT molecular complexity index is 1820. The van der Waals surface area contributed by atoms with Crippen molar-refractivity contribution in [2.24, 2.45) is 14.1 Å². The molecule has 0 N–H and O–H groups in total. The van der Waals surface area contributed by atoms with Crippen molar-refractivity contribution in [3.63, 3.8) is 0 Å². The summed E-state index contributed by atoms with van der Waals surface area (Å²) in [6.45, 7) is 0. The van der Waals surface area contributed by atoms with Gasteiger partial charge >= 0.3 is 0 Å². The summed E-state index contributed by atoms with van der Waals surface area (Å²) >= 11 is 2.93. The molecule has 0 fully saturated rings. The molecule has 2 aromatic heterocycles. The number of benzene rings is 2. The Balaban J connectivity index is 0.000000371. The summed E-state index contributed by atoms with van der Waals surface area (Å²) < 4.78 is 72.6. The van der Waals surface area contributed by atoms with Crippen molar-refractivity contribution in [1.82, 2.24) is 0 Å². The molecule has 0 radical (unpaired) electrons. The zero-order valence-corrected chi connectivity index (χ0v) is 25.6. The van der Waals surface area contributed by atoms with Gasteiger partial charge in [0.15, 0.2) is 24.8 Å². The highest BCUT2D eigenvalue weighted by molar-refractivity contribution is 9.15. The number of aromatic nitrogens is 2. The van der Waals surface area contributed by atoms with Gasteiger partial charge in [-0.15, -0.1) is 0 Å². The van der Waals surface area contributed by atoms with E-state index in [1.54, 1.807) is 0 Å². The van der Waals surface area contributed by atoms with Gasteiger partial charge in [0.25, 0.3) is 11.4 Å². The van der Waals surface area contributed by atoms with Crippen LogP contribution in [0.1, 0.15) is 11.1 Å². The van der Waals surface area contributed by atoms with Gasteiger partial charge in [0.1, 0.15) is 34.3 Å². The maximum atomic E-state index is 11.5. The van der Waals surface area contributed by atoms with Crippen molar-refractivity contribution >= 4 is 58.1 Å². The summed E-state index contributed by atoms with van der Waals surface area (Å²) in [6.07, 6.45) is 8.93. The Kier molecular flexibility index (Phi) is 12.3. The molecule has 0 aliphatic heterocycles. The van der Waals surface area contributed by atoms with E-state index in [2.05, 4.69) is 15.9 Å². The molecular formula is C26H23BrN4O10S2. The standard InChI is InChI=1S/C14H9BrN2O10S2.2C6H8N/c15-12(11-4-3-10(17(20)21)7-14(11)29(25,26)27)5-8-1-2-9(16(18)19)6-13(8)28(22,23)24;2*1-7-5-3-2-4-6-7/h1-7H,(H,22,23,24)(H,25,26,27);2*2-6H,1H3/q;2*+1/p-2. The maximum absolute atomic E-state index is 11.5. The lowest BCUT2D eigenvalue weighted by atomic mass is 10.1. The molecule has 4 rings (SSSR count). The predicted octanol–water partition coefficient (Wildman–Crippen LogP) is 3.23. The van der Waals surface area contributed by atoms with Crippen LogP contribution in [-0.4, -0.2) is 35.8 Å². The molecule has 43 heavy (non-hydrogen) atoms. The van der Waals surface area contributed by atoms with Gasteiger partial charge in [0, 0.05) is 58.6 Å². The van der Waals surface area contributed by atoms with Gasteiger partial charge in [-0.1, -0.05) is 28.1 Å². The van der Waals surface area contributed by atoms with Crippen molar-refractivity contribution in [1.29, 1.82) is 0 Å². The Labute approximate surface area is 255 Å². The molecule has 2 heterocycles. The Morgan fingerprint density at radius 3 is 1.44 bits per heavy atom. The predicted molar refractivity (Wildman–Crippen MR) is 154 cm³/mol. The van der Waals surface area contributed by atoms with Crippen LogP contribution in [0.5, 0.6) is 0 Å². The van der Waals surface area contributed by atoms with Crippen LogP contribution in [0.2, 0.25) is 0 Å². The number of nitro groups is 2. The van der Waals surface area contributed by atoms with Crippen LogP contribution < -0.4 is 9.13 Å². The van der Waals surface area contributed by atoms with Crippen molar-refractivity contribution in [2.45, 2.75) is 9.79 Å². The molecule has 14 nitrogen and oxygen atoms in total. The molecule has 4 aromatic rings. The van der Waals surface area contributed by atoms with E-state index < -0.39 is 51.2 Å². The van der Waals surface area contributed by atoms with Crippen LogP contribution in [0.3, 0.4) is 0 Å². The molecule has 17 heteroatoms. The second-order valence-corrected chi connectivity index (χ2v) is 11.9. The molecule has 0 aliphatic rings. The summed E-state index contributed by atoms with van der Waals surface area (Å²) in [7, 11) is -6.34. The van der Waals surface area contributed by atoms with Gasteiger partial charge in [-0.3, -0.25) is 20.2 Å². The molecule has 2 aromatic carbocycles. The SMILES string of the molecule is C[n+]1ccccc1.C[n+]1ccccc1.O=[N+]([O-])c1ccc(C=C(Br)c2ccc([N+](=O)[O-])cc2S(=O)(=O)[O-])c(S(=O)(=O)[O-])c1. The minimum absolute atomic E-state index is 0.222. The minimum atomic E-state index is -5.18. The summed E-state index contributed by atoms with van der Waals surface area (Å²) in [6, 6.07) is 16.7. The number of nitro benzene ring substituents is 2. The van der Waals surface area contributed by atoms with Crippen LogP contribution in [0.4, 0.5) is 11.4 Å². The summed E-state index contributed by atoms with van der Waals surface area (Å²) in [5.41, 5.74) is -2.05. The quantitative estimate of drug-likeness (QED) is 0.0946. The lowest BCUT2D eigenvalue weighted by Gasteiger charge is -2.14. The van der Waals surface area contributed by atoms with Gasteiger partial charge in [-0.05, 0) is 23.8 Å². The van der Waals surface area contributed by atoms with Crippen LogP contribution in [0.25, 0.3) is 10.6 Å². The Morgan fingerprint density at radius 2 is 1.09 bits per heavy atom. The van der Waals surface area contributed by atoms with E-state index in [9.17, 15) is 46.2 Å². The van der Waals surface area contributed by atoms with Crippen molar-refractivity contribution in [2.75, 3.05) is 0 Å². The average molecular weight is 696 g/mol. The fraction of sp³-hybridized carbons (Fsp3) is 0.0769. The molecule has 226 valence electrons. The lowest BCUT2D eigenvalue weighted by molar-refractivity contribution is -0.671. The summed E-state index contributed by atoms with van der Waals surface area (Å²) in [5, 5.41) is 21.6. The highest BCUT2D eigenvalue weighted by Crippen LogP contribution is 2.34. The molecule has 0 bridgehead atoms. The van der Waals surface area contributed by atoms with Crippen LogP contribution in [0, 0.1) is 20.2 Å². The van der Waals surface area contributed by atoms with E-state index in [1.807, 2.05) is 84.4 Å². The van der Waals surface area contributed by atoms with E-state index in [0.29, 0.717) is 12.1 Å². The zero-order chi connectivity index (χ0) is 32.4. The third-order valence-electron chi connectivity index (χ3n) is 5.19. The van der Waals surface area contributed by atoms with Gasteiger partial charge in [-0.2, -0.15) is 0 Å². The number of nitrogens with zero attached hydrogens (tertiary/aromatic N) is 4. The number of pyridine rings is 2. The first-order chi connectivity index (χ1) is 20.0. The van der Waals surface area contributed by atoms with Gasteiger partial charge < -0.3 is 9.11 Å². The third kappa shape index (κ3) is 11.1. The zero-order valence-electron chi connectivity index (χ0n) is 22.4. The molecule has 0 amide bonds. The number of hydrogen-bond donors (Lipinski definition) is 0. The van der Waals surface area contributed by atoms with Crippen molar-refractivity contribution < 1.29 is 44.9 Å². The van der Waals surface area contributed by atoms with E-state index in [4.69, 9.17) is 0 Å². The molecule has 0 aliphatic carbocycles. The smallest absolute Gasteiger partial charge is 0.270 e. The van der Waals surface area contributed by atoms with Gasteiger partial charge in [-0.25, -0.2) is 26.0 Å². The molecule has 0 saturated carbocycles. The van der Waals surface area contributed by atoms with Crippen molar-refractivity contribution in [3.05, 3.63) is 129 Å². The Morgan fingerprint density at radius 1 is 0.698 bits per heavy atom. The third-order valence-corrected chi connectivity index (χ3v) is 7.62. The lowest BCUT2D eigenvalue weighted by Crippen LogP contribution is -2.25. The first-order valence-electron chi connectivity index (χ1n) is 11.7. The molecule has 0 unspecified atom stereocenters. The molecule has 0 spiro atoms. The monoisotopic (exact) mass is 694 g/mol. The first kappa shape index (κ1) is 34.8. The highest BCUT2D eigenvalue weighted by atomic mass is 79.9. The average Bonchev–Trinajstić information content (AvgIpc) is 2.93. The second-order valence-electron chi connectivity index (χ2n) is 8.40.